The minimum atomic E-state index is -0.837. The van der Waals surface area contributed by atoms with Crippen molar-refractivity contribution in [2.75, 3.05) is 12.4 Å². The monoisotopic (exact) mass is 291 g/mol. The number of esters is 1. The van der Waals surface area contributed by atoms with Crippen LogP contribution in [0.4, 0.5) is 14.5 Å². The Morgan fingerprint density at radius 3 is 2.57 bits per heavy atom. The standard InChI is InChI=1S/C16H15F2NO2/c1-10-8-11(6-7-14(10)18)15(16(20)21-2)19-13-5-3-4-12(17)9-13/h3-9,15,19H,1-2H3. The summed E-state index contributed by atoms with van der Waals surface area (Å²) in [5.74, 6) is -1.31. The van der Waals surface area contributed by atoms with Crippen LogP contribution in [0.3, 0.4) is 0 Å². The van der Waals surface area contributed by atoms with Gasteiger partial charge < -0.3 is 10.1 Å². The van der Waals surface area contributed by atoms with Gasteiger partial charge in [0, 0.05) is 5.69 Å². The molecule has 2 aromatic carbocycles. The van der Waals surface area contributed by atoms with Gasteiger partial charge in [-0.15, -0.1) is 0 Å². The Balaban J connectivity index is 2.34. The molecule has 0 aliphatic rings. The summed E-state index contributed by atoms with van der Waals surface area (Å²) in [6.45, 7) is 1.61. The third kappa shape index (κ3) is 3.56. The van der Waals surface area contributed by atoms with Crippen LogP contribution in [0.25, 0.3) is 0 Å². The molecule has 0 amide bonds. The van der Waals surface area contributed by atoms with Crippen LogP contribution in [0.15, 0.2) is 42.5 Å². The van der Waals surface area contributed by atoms with E-state index in [4.69, 9.17) is 4.74 Å². The number of ether oxygens (including phenoxy) is 1. The predicted octanol–water partition coefficient (Wildman–Crippen LogP) is 3.60. The first-order valence-corrected chi connectivity index (χ1v) is 6.37. The lowest BCUT2D eigenvalue weighted by molar-refractivity contribution is -0.141. The molecule has 110 valence electrons. The zero-order chi connectivity index (χ0) is 15.4. The fraction of sp³-hybridized carbons (Fsp3) is 0.188. The number of benzene rings is 2. The van der Waals surface area contributed by atoms with E-state index in [1.54, 1.807) is 19.1 Å². The van der Waals surface area contributed by atoms with Crippen molar-refractivity contribution in [3.05, 3.63) is 65.2 Å². The first-order chi connectivity index (χ1) is 10.0. The highest BCUT2D eigenvalue weighted by Gasteiger charge is 2.22. The third-order valence-corrected chi connectivity index (χ3v) is 3.09. The second kappa shape index (κ2) is 6.35. The van der Waals surface area contributed by atoms with Gasteiger partial charge in [-0.05, 0) is 42.3 Å². The minimum absolute atomic E-state index is 0.354. The Hall–Kier alpha value is -2.43. The van der Waals surface area contributed by atoms with Gasteiger partial charge in [0.2, 0.25) is 0 Å². The Morgan fingerprint density at radius 2 is 1.95 bits per heavy atom. The number of nitrogens with one attached hydrogen (secondary N) is 1. The number of rotatable bonds is 4. The predicted molar refractivity (Wildman–Crippen MR) is 75.9 cm³/mol. The topological polar surface area (TPSA) is 38.3 Å². The number of carbonyl (C=O) groups is 1. The van der Waals surface area contributed by atoms with Crippen molar-refractivity contribution in [2.24, 2.45) is 0 Å². The van der Waals surface area contributed by atoms with E-state index >= 15 is 0 Å². The van der Waals surface area contributed by atoms with Crippen LogP contribution in [0.1, 0.15) is 17.2 Å². The number of anilines is 1. The maximum atomic E-state index is 13.3. The fourth-order valence-electron chi connectivity index (χ4n) is 1.99. The number of carbonyl (C=O) groups excluding carboxylic acids is 1. The summed E-state index contributed by atoms with van der Waals surface area (Å²) in [6.07, 6.45) is 0. The summed E-state index contributed by atoms with van der Waals surface area (Å²) >= 11 is 0. The average molecular weight is 291 g/mol. The highest BCUT2D eigenvalue weighted by molar-refractivity contribution is 5.81. The van der Waals surface area contributed by atoms with E-state index in [1.165, 1.54) is 37.4 Å². The quantitative estimate of drug-likeness (QED) is 0.875. The lowest BCUT2D eigenvalue weighted by Gasteiger charge is -2.18. The third-order valence-electron chi connectivity index (χ3n) is 3.09. The maximum Gasteiger partial charge on any atom is 0.332 e. The van der Waals surface area contributed by atoms with Crippen LogP contribution < -0.4 is 5.32 Å². The normalized spacial score (nSPS) is 11.8. The summed E-state index contributed by atoms with van der Waals surface area (Å²) in [6, 6.07) is 9.24. The van der Waals surface area contributed by atoms with E-state index < -0.39 is 17.8 Å². The van der Waals surface area contributed by atoms with Crippen molar-refractivity contribution < 1.29 is 18.3 Å². The van der Waals surface area contributed by atoms with Gasteiger partial charge in [-0.2, -0.15) is 0 Å². The molecule has 3 nitrogen and oxygen atoms in total. The van der Waals surface area contributed by atoms with Crippen molar-refractivity contribution in [1.82, 2.24) is 0 Å². The van der Waals surface area contributed by atoms with Crippen molar-refractivity contribution in [3.63, 3.8) is 0 Å². The first-order valence-electron chi connectivity index (χ1n) is 6.37. The van der Waals surface area contributed by atoms with Gasteiger partial charge in [-0.3, -0.25) is 0 Å². The summed E-state index contributed by atoms with van der Waals surface area (Å²) in [5.41, 5.74) is 1.40. The van der Waals surface area contributed by atoms with E-state index in [-0.39, 0.29) is 5.82 Å². The molecule has 1 atom stereocenters. The Bertz CT molecular complexity index is 658. The molecular formula is C16H15F2NO2. The van der Waals surface area contributed by atoms with Gasteiger partial charge in [-0.1, -0.05) is 18.2 Å². The smallest absolute Gasteiger partial charge is 0.332 e. The van der Waals surface area contributed by atoms with Crippen molar-refractivity contribution >= 4 is 11.7 Å². The van der Waals surface area contributed by atoms with Crippen molar-refractivity contribution in [3.8, 4) is 0 Å². The van der Waals surface area contributed by atoms with Crippen LogP contribution in [0, 0.1) is 18.6 Å². The van der Waals surface area contributed by atoms with Gasteiger partial charge in [0.25, 0.3) is 0 Å². The van der Waals surface area contributed by atoms with Crippen molar-refractivity contribution in [1.29, 1.82) is 0 Å². The molecule has 1 N–H and O–H groups in total. The summed E-state index contributed by atoms with van der Waals surface area (Å²) < 4.78 is 31.3. The zero-order valence-electron chi connectivity index (χ0n) is 11.7. The number of methoxy groups -OCH3 is 1. The largest absolute Gasteiger partial charge is 0.467 e. The van der Waals surface area contributed by atoms with Crippen LogP contribution in [0.5, 0.6) is 0 Å². The second-order valence-corrected chi connectivity index (χ2v) is 4.62. The average Bonchev–Trinajstić information content (AvgIpc) is 2.47. The molecule has 0 aliphatic heterocycles. The van der Waals surface area contributed by atoms with Gasteiger partial charge in [0.15, 0.2) is 6.04 Å². The fourth-order valence-corrected chi connectivity index (χ4v) is 1.99. The molecule has 1 unspecified atom stereocenters. The molecule has 0 spiro atoms. The second-order valence-electron chi connectivity index (χ2n) is 4.62. The van der Waals surface area contributed by atoms with Gasteiger partial charge in [0.05, 0.1) is 7.11 Å². The Morgan fingerprint density at radius 1 is 1.19 bits per heavy atom. The molecule has 0 aliphatic carbocycles. The molecule has 0 aromatic heterocycles. The molecule has 5 heteroatoms. The van der Waals surface area contributed by atoms with Gasteiger partial charge in [0.1, 0.15) is 11.6 Å². The highest BCUT2D eigenvalue weighted by atomic mass is 19.1. The minimum Gasteiger partial charge on any atom is -0.467 e. The highest BCUT2D eigenvalue weighted by Crippen LogP contribution is 2.23. The lowest BCUT2D eigenvalue weighted by atomic mass is 10.0. The molecule has 2 rings (SSSR count). The molecule has 2 aromatic rings. The zero-order valence-corrected chi connectivity index (χ0v) is 11.7. The summed E-state index contributed by atoms with van der Waals surface area (Å²) in [4.78, 5) is 11.9. The molecule has 0 heterocycles. The van der Waals surface area contributed by atoms with E-state index in [9.17, 15) is 13.6 Å². The molecule has 0 bridgehead atoms. The lowest BCUT2D eigenvalue weighted by Crippen LogP contribution is -2.22. The number of hydrogen-bond donors (Lipinski definition) is 1. The first kappa shape index (κ1) is 15.0. The number of hydrogen-bond acceptors (Lipinski definition) is 3. The van der Waals surface area contributed by atoms with Crippen LogP contribution in [0.2, 0.25) is 0 Å². The van der Waals surface area contributed by atoms with Crippen LogP contribution in [-0.2, 0) is 9.53 Å². The van der Waals surface area contributed by atoms with E-state index in [0.29, 0.717) is 16.8 Å². The van der Waals surface area contributed by atoms with E-state index in [1.807, 2.05) is 0 Å². The molecule has 0 saturated heterocycles. The van der Waals surface area contributed by atoms with Gasteiger partial charge >= 0.3 is 5.97 Å². The van der Waals surface area contributed by atoms with E-state index in [2.05, 4.69) is 5.32 Å². The SMILES string of the molecule is COC(=O)C(Nc1cccc(F)c1)c1ccc(F)c(C)c1. The van der Waals surface area contributed by atoms with Crippen molar-refractivity contribution in [2.45, 2.75) is 13.0 Å². The molecule has 0 fully saturated rings. The molecule has 21 heavy (non-hydrogen) atoms. The summed E-state index contributed by atoms with van der Waals surface area (Å²) in [7, 11) is 1.26. The van der Waals surface area contributed by atoms with Crippen LogP contribution in [-0.4, -0.2) is 13.1 Å². The molecule has 0 radical (unpaired) electrons. The summed E-state index contributed by atoms with van der Waals surface area (Å²) in [5, 5.41) is 2.90. The number of aryl methyl sites for hydroxylation is 1. The molecule has 0 saturated carbocycles. The number of halogens is 2. The van der Waals surface area contributed by atoms with E-state index in [0.717, 1.165) is 0 Å². The Kier molecular flexibility index (Phi) is 4.52. The Labute approximate surface area is 121 Å². The van der Waals surface area contributed by atoms with Gasteiger partial charge in [-0.25, -0.2) is 13.6 Å². The maximum absolute atomic E-state index is 13.3. The van der Waals surface area contributed by atoms with Crippen LogP contribution >= 0.6 is 0 Å². The molecular weight excluding hydrogens is 276 g/mol.